The zero-order valence-electron chi connectivity index (χ0n) is 46.4. The van der Waals surface area contributed by atoms with E-state index in [1.165, 1.54) is 88.0 Å². The van der Waals surface area contributed by atoms with Gasteiger partial charge in [0, 0.05) is 33.5 Å². The average molecular weight is 1020 g/mol. The fourth-order valence-corrected chi connectivity index (χ4v) is 11.2. The van der Waals surface area contributed by atoms with E-state index in [0.717, 1.165) is 45.3 Å². The molecule has 12 rings (SSSR count). The van der Waals surface area contributed by atoms with Gasteiger partial charge in [-0.05, 0) is 167 Å². The Labute approximate surface area is 467 Å². The van der Waals surface area contributed by atoms with Gasteiger partial charge in [0.15, 0.2) is 0 Å². The molecule has 0 saturated heterocycles. The zero-order valence-corrected chi connectivity index (χ0v) is 46.4. The third-order valence-corrected chi connectivity index (χ3v) is 15.8. The van der Waals surface area contributed by atoms with E-state index >= 15 is 0 Å². The monoisotopic (exact) mass is 1020 g/mol. The van der Waals surface area contributed by atoms with Crippen LogP contribution in [0.2, 0.25) is 0 Å². The molecule has 0 aliphatic heterocycles. The van der Waals surface area contributed by atoms with Gasteiger partial charge in [-0.25, -0.2) is 0 Å². The standard InChI is InChI=1S/C77H66N2/c1-52(2)53-31-40-64(41-32-53)78(65-42-33-60(34-43-65)58-27-23-56(24-28-58)54-17-11-9-12-18-54)74-51-73-71-49-63(77(6,7)8)39-48-70(71)75(50-72(73)68-21-15-16-22-69(68)74)79(67-46-37-62(38-47-67)76(3,4)5)66-44-35-61(36-45-66)59-29-25-57(26-30-59)55-19-13-10-14-20-55/h9-51H,1H2,2-8H3. The van der Waals surface area contributed by atoms with Crippen molar-refractivity contribution in [1.29, 1.82) is 0 Å². The SMILES string of the molecule is C=C(C)c1ccc(N(c2ccc(-c3ccc(-c4ccccc4)cc3)cc2)c2cc3c4cc(C(C)(C)C)ccc4c(N(c4ccc(-c5ccc(-c6ccccc6)cc5)cc4)c4ccc(C(C)(C)C)cc4)cc3c3ccccc23)cc1. The van der Waals surface area contributed by atoms with Crippen molar-refractivity contribution >= 4 is 72.0 Å². The smallest absolute Gasteiger partial charge is 0.0546 e. The van der Waals surface area contributed by atoms with Crippen LogP contribution in [0.15, 0.2) is 267 Å². The van der Waals surface area contributed by atoms with E-state index in [0.29, 0.717) is 0 Å². The Kier molecular flexibility index (Phi) is 13.2. The van der Waals surface area contributed by atoms with Gasteiger partial charge < -0.3 is 9.80 Å². The summed E-state index contributed by atoms with van der Waals surface area (Å²) < 4.78 is 0. The summed E-state index contributed by atoms with van der Waals surface area (Å²) in [6.07, 6.45) is 0. The summed E-state index contributed by atoms with van der Waals surface area (Å²) in [4.78, 5) is 4.92. The van der Waals surface area contributed by atoms with E-state index in [4.69, 9.17) is 0 Å². The van der Waals surface area contributed by atoms with E-state index in [2.05, 4.69) is 326 Å². The Morgan fingerprint density at radius 3 is 0.962 bits per heavy atom. The van der Waals surface area contributed by atoms with Gasteiger partial charge >= 0.3 is 0 Å². The van der Waals surface area contributed by atoms with Crippen molar-refractivity contribution in [3.05, 3.63) is 284 Å². The molecular weight excluding hydrogens is 953 g/mol. The van der Waals surface area contributed by atoms with Gasteiger partial charge in [0.25, 0.3) is 0 Å². The maximum atomic E-state index is 4.29. The Balaban J connectivity index is 1.04. The van der Waals surface area contributed by atoms with Gasteiger partial charge in [-0.3, -0.25) is 0 Å². The van der Waals surface area contributed by atoms with Crippen LogP contribution < -0.4 is 9.80 Å². The van der Waals surface area contributed by atoms with Crippen LogP contribution >= 0.6 is 0 Å². The topological polar surface area (TPSA) is 6.48 Å². The largest absolute Gasteiger partial charge is 0.310 e. The van der Waals surface area contributed by atoms with Gasteiger partial charge in [0.05, 0.1) is 11.4 Å². The molecule has 0 heterocycles. The summed E-state index contributed by atoms with van der Waals surface area (Å²) in [5.41, 5.74) is 20.8. The number of allylic oxidation sites excluding steroid dienone is 1. The van der Waals surface area contributed by atoms with Crippen molar-refractivity contribution in [1.82, 2.24) is 0 Å². The maximum absolute atomic E-state index is 4.29. The fraction of sp³-hybridized carbons (Fsp3) is 0.117. The molecule has 0 saturated carbocycles. The second kappa shape index (κ2) is 20.6. The average Bonchev–Trinajstić information content (AvgIpc) is 3.67. The number of hydrogen-bond acceptors (Lipinski definition) is 2. The van der Waals surface area contributed by atoms with Crippen LogP contribution in [-0.4, -0.2) is 0 Å². The van der Waals surface area contributed by atoms with Gasteiger partial charge in [0.1, 0.15) is 0 Å². The van der Waals surface area contributed by atoms with Crippen molar-refractivity contribution in [3.8, 4) is 44.5 Å². The van der Waals surface area contributed by atoms with Crippen molar-refractivity contribution in [2.45, 2.75) is 59.3 Å². The molecule has 0 atom stereocenters. The zero-order chi connectivity index (χ0) is 54.4. The molecule has 2 nitrogen and oxygen atoms in total. The van der Waals surface area contributed by atoms with Crippen LogP contribution in [-0.2, 0) is 10.8 Å². The van der Waals surface area contributed by atoms with Crippen molar-refractivity contribution in [2.75, 3.05) is 9.80 Å². The van der Waals surface area contributed by atoms with Crippen LogP contribution in [0.5, 0.6) is 0 Å². The highest BCUT2D eigenvalue weighted by Gasteiger charge is 2.25. The number of nitrogens with zero attached hydrogens (tertiary/aromatic N) is 2. The molecule has 0 aliphatic carbocycles. The molecule has 0 radical (unpaired) electrons. The summed E-state index contributed by atoms with van der Waals surface area (Å²) in [6, 6.07) is 96.4. The molecule has 0 bridgehead atoms. The normalized spacial score (nSPS) is 11.8. The van der Waals surface area contributed by atoms with Gasteiger partial charge in [-0.2, -0.15) is 0 Å². The molecule has 384 valence electrons. The van der Waals surface area contributed by atoms with Crippen LogP contribution in [0.25, 0.3) is 82.4 Å². The molecule has 2 heteroatoms. The molecule has 0 fully saturated rings. The third-order valence-electron chi connectivity index (χ3n) is 15.8. The summed E-state index contributed by atoms with van der Waals surface area (Å²) in [5.74, 6) is 0. The Morgan fingerprint density at radius 1 is 0.278 bits per heavy atom. The highest BCUT2D eigenvalue weighted by molar-refractivity contribution is 6.24. The second-order valence-electron chi connectivity index (χ2n) is 23.2. The lowest BCUT2D eigenvalue weighted by Gasteiger charge is -2.31. The molecule has 0 aliphatic rings. The van der Waals surface area contributed by atoms with E-state index in [1.54, 1.807) is 0 Å². The highest BCUT2D eigenvalue weighted by atomic mass is 15.2. The fourth-order valence-electron chi connectivity index (χ4n) is 11.2. The molecule has 12 aromatic rings. The number of fused-ring (bicyclic) bond motifs is 5. The summed E-state index contributed by atoms with van der Waals surface area (Å²) in [5, 5.41) is 7.16. The van der Waals surface area contributed by atoms with Crippen LogP contribution in [0.4, 0.5) is 34.1 Å². The number of rotatable bonds is 11. The molecule has 0 aromatic heterocycles. The van der Waals surface area contributed by atoms with Gasteiger partial charge in [-0.1, -0.05) is 248 Å². The molecule has 12 aromatic carbocycles. The number of anilines is 6. The predicted molar refractivity (Wildman–Crippen MR) is 342 cm³/mol. The minimum Gasteiger partial charge on any atom is -0.310 e. The summed E-state index contributed by atoms with van der Waals surface area (Å²) in [7, 11) is 0. The number of benzene rings is 12. The molecule has 0 amide bonds. The lowest BCUT2D eigenvalue weighted by Crippen LogP contribution is -2.14. The molecule has 79 heavy (non-hydrogen) atoms. The molecule has 0 spiro atoms. The van der Waals surface area contributed by atoms with Crippen molar-refractivity contribution in [3.63, 3.8) is 0 Å². The quantitative estimate of drug-likeness (QED) is 0.119. The van der Waals surface area contributed by atoms with Gasteiger partial charge in [0.2, 0.25) is 0 Å². The van der Waals surface area contributed by atoms with E-state index in [1.807, 2.05) is 0 Å². The lowest BCUT2D eigenvalue weighted by molar-refractivity contribution is 0.590. The predicted octanol–water partition coefficient (Wildman–Crippen LogP) is 22.4. The maximum Gasteiger partial charge on any atom is 0.0546 e. The molecular formula is C77H66N2. The molecule has 0 unspecified atom stereocenters. The third kappa shape index (κ3) is 10.0. The second-order valence-corrected chi connectivity index (χ2v) is 23.2. The number of hydrogen-bond donors (Lipinski definition) is 0. The Morgan fingerprint density at radius 2 is 0.570 bits per heavy atom. The van der Waals surface area contributed by atoms with Crippen LogP contribution in [0.3, 0.4) is 0 Å². The Hall–Kier alpha value is -9.24. The first-order valence-corrected chi connectivity index (χ1v) is 27.7. The van der Waals surface area contributed by atoms with Gasteiger partial charge in [-0.15, -0.1) is 0 Å². The first kappa shape index (κ1) is 50.6. The lowest BCUT2D eigenvalue weighted by atomic mass is 9.84. The van der Waals surface area contributed by atoms with E-state index < -0.39 is 0 Å². The minimum absolute atomic E-state index is 0.00828. The van der Waals surface area contributed by atoms with Crippen LogP contribution in [0.1, 0.15) is 65.2 Å². The minimum atomic E-state index is -0.0888. The summed E-state index contributed by atoms with van der Waals surface area (Å²) >= 11 is 0. The van der Waals surface area contributed by atoms with Crippen molar-refractivity contribution in [2.24, 2.45) is 0 Å². The van der Waals surface area contributed by atoms with E-state index in [9.17, 15) is 0 Å². The Bertz CT molecular complexity index is 4140. The van der Waals surface area contributed by atoms with Crippen molar-refractivity contribution < 1.29 is 0 Å². The highest BCUT2D eigenvalue weighted by Crippen LogP contribution is 2.49. The first-order valence-electron chi connectivity index (χ1n) is 27.7. The van der Waals surface area contributed by atoms with E-state index in [-0.39, 0.29) is 10.8 Å². The first-order chi connectivity index (χ1) is 38.2. The molecule has 0 N–H and O–H groups in total. The van der Waals surface area contributed by atoms with Crippen LogP contribution in [0, 0.1) is 0 Å². The summed E-state index contributed by atoms with van der Waals surface area (Å²) in [6.45, 7) is 20.2.